The molecular weight excluding hydrogens is 342 g/mol. The fourth-order valence-electron chi connectivity index (χ4n) is 2.19. The van der Waals surface area contributed by atoms with Crippen LogP contribution in [0.5, 0.6) is 11.5 Å². The van der Waals surface area contributed by atoms with Gasteiger partial charge in [-0.05, 0) is 48.0 Å². The zero-order valence-electron chi connectivity index (χ0n) is 16.6. The first-order valence-electron chi connectivity index (χ1n) is 8.86. The normalized spacial score (nSPS) is 11.8. The Morgan fingerprint density at radius 3 is 2.42 bits per heavy atom. The van der Waals surface area contributed by atoms with Crippen LogP contribution < -0.4 is 14.5 Å². The third-order valence-electron chi connectivity index (χ3n) is 4.67. The molecule has 0 bridgehead atoms. The minimum absolute atomic E-state index is 0.120. The highest BCUT2D eigenvalue weighted by Gasteiger charge is 2.38. The van der Waals surface area contributed by atoms with Gasteiger partial charge in [0, 0.05) is 6.92 Å². The van der Waals surface area contributed by atoms with Crippen LogP contribution >= 0.6 is 0 Å². The van der Waals surface area contributed by atoms with Crippen LogP contribution in [0.4, 0.5) is 5.69 Å². The van der Waals surface area contributed by atoms with E-state index in [-0.39, 0.29) is 10.9 Å². The van der Waals surface area contributed by atoms with E-state index >= 15 is 0 Å². The molecule has 26 heavy (non-hydrogen) atoms. The largest absolute Gasteiger partial charge is 0.543 e. The first kappa shape index (κ1) is 20.0. The molecule has 0 unspecified atom stereocenters. The predicted molar refractivity (Wildman–Crippen MR) is 109 cm³/mol. The summed E-state index contributed by atoms with van der Waals surface area (Å²) in [5.74, 6) is 1.41. The molecule has 2 aromatic rings. The van der Waals surface area contributed by atoms with Gasteiger partial charge in [0.15, 0.2) is 0 Å². The topological polar surface area (TPSA) is 47.6 Å². The molecule has 0 aliphatic heterocycles. The van der Waals surface area contributed by atoms with Crippen molar-refractivity contribution in [2.24, 2.45) is 0 Å². The molecule has 1 amide bonds. The highest BCUT2D eigenvalue weighted by Crippen LogP contribution is 2.37. The number of rotatable bonds is 6. The maximum absolute atomic E-state index is 11.3. The molecule has 0 heterocycles. The van der Waals surface area contributed by atoms with Crippen molar-refractivity contribution in [3.05, 3.63) is 54.1 Å². The number of carbonyl (C=O) groups is 1. The van der Waals surface area contributed by atoms with Crippen LogP contribution in [0.3, 0.4) is 0 Å². The van der Waals surface area contributed by atoms with Gasteiger partial charge in [0.05, 0.1) is 5.69 Å². The fourth-order valence-corrected chi connectivity index (χ4v) is 3.22. The molecule has 140 valence electrons. The van der Waals surface area contributed by atoms with Gasteiger partial charge in [0.25, 0.3) is 0 Å². The number of carbonyl (C=O) groups excluding carboxylic acids is 1. The van der Waals surface area contributed by atoms with E-state index in [1.165, 1.54) is 6.92 Å². The molecule has 0 aliphatic rings. The van der Waals surface area contributed by atoms with Crippen molar-refractivity contribution < 1.29 is 14.0 Å². The Bertz CT molecular complexity index is 766. The number of hydrogen-bond acceptors (Lipinski definition) is 3. The first-order chi connectivity index (χ1) is 12.1. The summed E-state index contributed by atoms with van der Waals surface area (Å²) < 4.78 is 12.3. The Kier molecular flexibility index (Phi) is 6.13. The summed E-state index contributed by atoms with van der Waals surface area (Å²) in [6, 6.07) is 15.5. The van der Waals surface area contributed by atoms with Gasteiger partial charge < -0.3 is 14.5 Å². The summed E-state index contributed by atoms with van der Waals surface area (Å²) in [5, 5.41) is 2.94. The first-order valence-corrected chi connectivity index (χ1v) is 11.8. The Labute approximate surface area is 157 Å². The molecule has 2 aromatic carbocycles. The molecule has 0 spiro atoms. The van der Waals surface area contributed by atoms with Gasteiger partial charge >= 0.3 is 0 Å². The second-order valence-corrected chi connectivity index (χ2v) is 12.7. The number of para-hydroxylation sites is 2. The molecule has 0 atom stereocenters. The summed E-state index contributed by atoms with van der Waals surface area (Å²) >= 11 is 0. The lowest BCUT2D eigenvalue weighted by molar-refractivity contribution is -0.114. The van der Waals surface area contributed by atoms with Gasteiger partial charge in [-0.25, -0.2) is 0 Å². The number of hydrogen-bond donors (Lipinski definition) is 1. The molecule has 0 radical (unpaired) electrons. The van der Waals surface area contributed by atoms with E-state index in [2.05, 4.69) is 39.2 Å². The molecule has 0 aliphatic carbocycles. The standard InChI is InChI=1S/C21H29NO3Si/c1-16(23)22-19-12-7-8-13-20(19)24-15-17-10-9-11-18(14-17)25-26(5,6)21(2,3)4/h7-14H,15H2,1-6H3,(H,22,23). The number of benzene rings is 2. The highest BCUT2D eigenvalue weighted by molar-refractivity contribution is 6.74. The molecular formula is C21H29NO3Si. The van der Waals surface area contributed by atoms with Crippen molar-refractivity contribution in [3.8, 4) is 11.5 Å². The van der Waals surface area contributed by atoms with Crippen molar-refractivity contribution in [2.45, 2.75) is 52.4 Å². The van der Waals surface area contributed by atoms with Crippen LogP contribution in [0, 0.1) is 0 Å². The second kappa shape index (κ2) is 7.95. The van der Waals surface area contributed by atoms with Crippen LogP contribution in [0.1, 0.15) is 33.3 Å². The summed E-state index contributed by atoms with van der Waals surface area (Å²) in [7, 11) is -1.87. The fraction of sp³-hybridized carbons (Fsp3) is 0.381. The van der Waals surface area contributed by atoms with Gasteiger partial charge in [0.1, 0.15) is 18.1 Å². The van der Waals surface area contributed by atoms with E-state index in [1.807, 2.05) is 48.5 Å². The lowest BCUT2D eigenvalue weighted by Gasteiger charge is -2.36. The summed E-state index contributed by atoms with van der Waals surface area (Å²) in [6.45, 7) is 13.0. The molecule has 1 N–H and O–H groups in total. The molecule has 0 fully saturated rings. The number of ether oxygens (including phenoxy) is 1. The van der Waals surface area contributed by atoms with Crippen molar-refractivity contribution in [2.75, 3.05) is 5.32 Å². The molecule has 5 heteroatoms. The second-order valence-electron chi connectivity index (χ2n) is 7.98. The van der Waals surface area contributed by atoms with Crippen LogP contribution in [-0.4, -0.2) is 14.2 Å². The third kappa shape index (κ3) is 5.36. The number of amides is 1. The van der Waals surface area contributed by atoms with Gasteiger partial charge in [-0.15, -0.1) is 0 Å². The summed E-state index contributed by atoms with van der Waals surface area (Å²) in [5.41, 5.74) is 1.70. The molecule has 0 saturated carbocycles. The smallest absolute Gasteiger partial charge is 0.250 e. The van der Waals surface area contributed by atoms with Crippen LogP contribution in [0.15, 0.2) is 48.5 Å². The maximum Gasteiger partial charge on any atom is 0.250 e. The quantitative estimate of drug-likeness (QED) is 0.672. The predicted octanol–water partition coefficient (Wildman–Crippen LogP) is 5.61. The van der Waals surface area contributed by atoms with Gasteiger partial charge in [-0.2, -0.15) is 0 Å². The van der Waals surface area contributed by atoms with E-state index in [0.717, 1.165) is 11.3 Å². The Morgan fingerprint density at radius 2 is 1.77 bits per heavy atom. The molecule has 2 rings (SSSR count). The van der Waals surface area contributed by atoms with E-state index < -0.39 is 8.32 Å². The Balaban J connectivity index is 2.09. The minimum Gasteiger partial charge on any atom is -0.543 e. The third-order valence-corrected chi connectivity index (χ3v) is 9.03. The van der Waals surface area contributed by atoms with Crippen LogP contribution in [0.2, 0.25) is 18.1 Å². The minimum atomic E-state index is -1.87. The molecule has 4 nitrogen and oxygen atoms in total. The lowest BCUT2D eigenvalue weighted by Crippen LogP contribution is -2.43. The summed E-state index contributed by atoms with van der Waals surface area (Å²) in [6.07, 6.45) is 0. The Hall–Kier alpha value is -2.27. The van der Waals surface area contributed by atoms with E-state index in [9.17, 15) is 4.79 Å². The van der Waals surface area contributed by atoms with E-state index in [0.29, 0.717) is 18.0 Å². The monoisotopic (exact) mass is 371 g/mol. The van der Waals surface area contributed by atoms with Gasteiger partial charge in [0.2, 0.25) is 14.2 Å². The van der Waals surface area contributed by atoms with Gasteiger partial charge in [-0.3, -0.25) is 4.79 Å². The number of anilines is 1. The zero-order chi connectivity index (χ0) is 19.4. The number of nitrogens with one attached hydrogen (secondary N) is 1. The van der Waals surface area contributed by atoms with Crippen molar-refractivity contribution in [1.82, 2.24) is 0 Å². The Morgan fingerprint density at radius 1 is 1.08 bits per heavy atom. The van der Waals surface area contributed by atoms with Crippen LogP contribution in [0.25, 0.3) is 0 Å². The van der Waals surface area contributed by atoms with E-state index in [4.69, 9.17) is 9.16 Å². The lowest BCUT2D eigenvalue weighted by atomic mass is 10.2. The van der Waals surface area contributed by atoms with Crippen LogP contribution in [-0.2, 0) is 11.4 Å². The van der Waals surface area contributed by atoms with Crippen molar-refractivity contribution in [1.29, 1.82) is 0 Å². The average Bonchev–Trinajstić information content (AvgIpc) is 2.52. The maximum atomic E-state index is 11.3. The zero-order valence-corrected chi connectivity index (χ0v) is 17.6. The molecule has 0 aromatic heterocycles. The van der Waals surface area contributed by atoms with E-state index in [1.54, 1.807) is 0 Å². The van der Waals surface area contributed by atoms with Crippen molar-refractivity contribution >= 4 is 19.9 Å². The SMILES string of the molecule is CC(=O)Nc1ccccc1OCc1cccc(O[Si](C)(C)C(C)(C)C)c1. The highest BCUT2D eigenvalue weighted by atomic mass is 28.4. The van der Waals surface area contributed by atoms with Gasteiger partial charge in [-0.1, -0.05) is 45.0 Å². The van der Waals surface area contributed by atoms with Crippen molar-refractivity contribution in [3.63, 3.8) is 0 Å². The average molecular weight is 372 g/mol. The summed E-state index contributed by atoms with van der Waals surface area (Å²) in [4.78, 5) is 11.3. The molecule has 0 saturated heterocycles.